The number of benzene rings is 6. The maximum atomic E-state index is 6.45. The summed E-state index contributed by atoms with van der Waals surface area (Å²) >= 11 is 0. The zero-order valence-corrected chi connectivity index (χ0v) is 25.2. The van der Waals surface area contributed by atoms with Crippen molar-refractivity contribution in [1.82, 2.24) is 0 Å². The van der Waals surface area contributed by atoms with E-state index in [4.69, 9.17) is 20.9 Å². The highest BCUT2D eigenvalue weighted by molar-refractivity contribution is 5.75. The third-order valence-corrected chi connectivity index (χ3v) is 8.86. The Bertz CT molecular complexity index is 1790. The van der Waals surface area contributed by atoms with Crippen molar-refractivity contribution >= 4 is 11.4 Å². The molecule has 0 aliphatic heterocycles. The lowest BCUT2D eigenvalue weighted by Gasteiger charge is -2.32. The molecule has 4 heteroatoms. The first-order valence-electron chi connectivity index (χ1n) is 15.5. The van der Waals surface area contributed by atoms with Crippen molar-refractivity contribution in [2.45, 2.75) is 31.1 Å². The van der Waals surface area contributed by atoms with E-state index < -0.39 is 0 Å². The van der Waals surface area contributed by atoms with Crippen LogP contribution in [-0.2, 0) is 5.41 Å². The number of nitrogens with two attached hydrogens (primary N) is 2. The third-order valence-electron chi connectivity index (χ3n) is 8.86. The van der Waals surface area contributed by atoms with Crippen LogP contribution in [0.3, 0.4) is 0 Å². The lowest BCUT2D eigenvalue weighted by atomic mass is 9.72. The summed E-state index contributed by atoms with van der Waals surface area (Å²) in [6.45, 7) is 0. The van der Waals surface area contributed by atoms with Crippen molar-refractivity contribution in [3.63, 3.8) is 0 Å². The van der Waals surface area contributed by atoms with Crippen LogP contribution in [0.1, 0.15) is 36.8 Å². The Kier molecular flexibility index (Phi) is 7.71. The van der Waals surface area contributed by atoms with Crippen LogP contribution in [0.15, 0.2) is 146 Å². The van der Waals surface area contributed by atoms with E-state index >= 15 is 0 Å². The summed E-state index contributed by atoms with van der Waals surface area (Å²) in [5, 5.41) is 0. The lowest BCUT2D eigenvalue weighted by Crippen LogP contribution is -2.24. The molecule has 6 aromatic rings. The monoisotopic (exact) mass is 588 g/mol. The Hall–Kier alpha value is -5.48. The van der Waals surface area contributed by atoms with Gasteiger partial charge in [-0.15, -0.1) is 0 Å². The van der Waals surface area contributed by atoms with Crippen molar-refractivity contribution in [1.29, 1.82) is 0 Å². The van der Waals surface area contributed by atoms with Gasteiger partial charge in [-0.25, -0.2) is 0 Å². The standard InChI is InChI=1S/C41H36N2O2/c42-33-15-9-17-35(27-33)44-39-21-19-31(25-37(39)29-11-3-1-4-12-29)41(23-7-8-24-41)32-20-22-40(45-36-18-10-16-34(43)28-36)38(26-32)30-13-5-2-6-14-30/h1-6,9-22,25-28H,7-8,23-24,42-43H2. The molecule has 0 bridgehead atoms. The predicted octanol–water partition coefficient (Wildman–Crippen LogP) is 10.6. The van der Waals surface area contributed by atoms with E-state index in [-0.39, 0.29) is 5.41 Å². The fourth-order valence-electron chi connectivity index (χ4n) is 6.65. The Balaban J connectivity index is 1.34. The van der Waals surface area contributed by atoms with E-state index in [0.29, 0.717) is 11.4 Å². The zero-order chi connectivity index (χ0) is 30.6. The normalized spacial score (nSPS) is 13.8. The summed E-state index contributed by atoms with van der Waals surface area (Å²) in [4.78, 5) is 0. The molecule has 45 heavy (non-hydrogen) atoms. The van der Waals surface area contributed by atoms with Gasteiger partial charge < -0.3 is 20.9 Å². The van der Waals surface area contributed by atoms with Gasteiger partial charge in [0, 0.05) is 40.0 Å². The molecule has 0 amide bonds. The number of anilines is 2. The van der Waals surface area contributed by atoms with E-state index in [1.165, 1.54) is 24.0 Å². The van der Waals surface area contributed by atoms with Crippen LogP contribution >= 0.6 is 0 Å². The van der Waals surface area contributed by atoms with E-state index in [1.54, 1.807) is 0 Å². The summed E-state index contributed by atoms with van der Waals surface area (Å²) in [5.74, 6) is 3.05. The second-order valence-corrected chi connectivity index (χ2v) is 11.8. The summed E-state index contributed by atoms with van der Waals surface area (Å²) in [5.41, 5.74) is 20.3. The molecule has 222 valence electrons. The molecule has 1 saturated carbocycles. The molecule has 0 atom stereocenters. The van der Waals surface area contributed by atoms with Crippen LogP contribution < -0.4 is 20.9 Å². The summed E-state index contributed by atoms with van der Waals surface area (Å²) in [6, 6.07) is 49.5. The largest absolute Gasteiger partial charge is 0.457 e. The van der Waals surface area contributed by atoms with Crippen molar-refractivity contribution in [2.75, 3.05) is 11.5 Å². The quantitative estimate of drug-likeness (QED) is 0.174. The van der Waals surface area contributed by atoms with Crippen molar-refractivity contribution in [3.05, 3.63) is 157 Å². The molecular weight excluding hydrogens is 552 g/mol. The minimum Gasteiger partial charge on any atom is -0.457 e. The molecule has 7 rings (SSSR count). The third kappa shape index (κ3) is 5.87. The van der Waals surface area contributed by atoms with Gasteiger partial charge in [-0.05, 0) is 83.6 Å². The van der Waals surface area contributed by atoms with E-state index in [9.17, 15) is 0 Å². The van der Waals surface area contributed by atoms with Gasteiger partial charge in [0.05, 0.1) is 0 Å². The van der Waals surface area contributed by atoms with Crippen LogP contribution in [0, 0.1) is 0 Å². The molecule has 0 heterocycles. The molecule has 0 saturated heterocycles. The van der Waals surface area contributed by atoms with Crippen molar-refractivity contribution in [3.8, 4) is 45.3 Å². The summed E-state index contributed by atoms with van der Waals surface area (Å²) in [7, 11) is 0. The number of nitrogen functional groups attached to an aromatic ring is 2. The molecule has 4 nitrogen and oxygen atoms in total. The van der Waals surface area contributed by atoms with Gasteiger partial charge in [0.1, 0.15) is 23.0 Å². The van der Waals surface area contributed by atoms with E-state index in [0.717, 1.165) is 58.1 Å². The number of ether oxygens (including phenoxy) is 2. The minimum absolute atomic E-state index is 0.140. The molecule has 0 spiro atoms. The van der Waals surface area contributed by atoms with Gasteiger partial charge in [-0.2, -0.15) is 0 Å². The predicted molar refractivity (Wildman–Crippen MR) is 185 cm³/mol. The highest BCUT2D eigenvalue weighted by Gasteiger charge is 2.38. The first-order chi connectivity index (χ1) is 22.1. The average Bonchev–Trinajstić information content (AvgIpc) is 3.57. The fraction of sp³-hybridized carbons (Fsp3) is 0.122. The van der Waals surface area contributed by atoms with Crippen molar-refractivity contribution < 1.29 is 9.47 Å². The van der Waals surface area contributed by atoms with E-state index in [1.807, 2.05) is 60.7 Å². The van der Waals surface area contributed by atoms with E-state index in [2.05, 4.69) is 84.9 Å². The van der Waals surface area contributed by atoms with Crippen LogP contribution in [0.25, 0.3) is 22.3 Å². The molecule has 0 aromatic heterocycles. The number of hydrogen-bond acceptors (Lipinski definition) is 4. The Morgan fingerprint density at radius 2 is 0.889 bits per heavy atom. The van der Waals surface area contributed by atoms with Crippen LogP contribution in [0.2, 0.25) is 0 Å². The van der Waals surface area contributed by atoms with Gasteiger partial charge in [-0.1, -0.05) is 97.8 Å². The summed E-state index contributed by atoms with van der Waals surface area (Å²) in [6.07, 6.45) is 4.48. The zero-order valence-electron chi connectivity index (χ0n) is 25.2. The number of hydrogen-bond donors (Lipinski definition) is 2. The van der Waals surface area contributed by atoms with Gasteiger partial charge in [0.25, 0.3) is 0 Å². The highest BCUT2D eigenvalue weighted by atomic mass is 16.5. The minimum atomic E-state index is -0.140. The Morgan fingerprint density at radius 3 is 1.31 bits per heavy atom. The van der Waals surface area contributed by atoms with Gasteiger partial charge in [-0.3, -0.25) is 0 Å². The van der Waals surface area contributed by atoms with Crippen molar-refractivity contribution in [2.24, 2.45) is 0 Å². The average molecular weight is 589 g/mol. The smallest absolute Gasteiger partial charge is 0.135 e. The molecule has 4 N–H and O–H groups in total. The first-order valence-corrected chi connectivity index (χ1v) is 15.5. The first kappa shape index (κ1) is 28.3. The van der Waals surface area contributed by atoms with Crippen LogP contribution in [0.4, 0.5) is 11.4 Å². The topological polar surface area (TPSA) is 70.5 Å². The van der Waals surface area contributed by atoms with Gasteiger partial charge in [0.2, 0.25) is 0 Å². The lowest BCUT2D eigenvalue weighted by molar-refractivity contribution is 0.480. The highest BCUT2D eigenvalue weighted by Crippen LogP contribution is 2.50. The summed E-state index contributed by atoms with van der Waals surface area (Å²) < 4.78 is 12.9. The molecule has 1 aliphatic rings. The van der Waals surface area contributed by atoms with Gasteiger partial charge in [0.15, 0.2) is 0 Å². The fourth-order valence-corrected chi connectivity index (χ4v) is 6.65. The number of rotatable bonds is 8. The maximum Gasteiger partial charge on any atom is 0.135 e. The SMILES string of the molecule is Nc1cccc(Oc2ccc(C3(c4ccc(Oc5cccc(N)c5)c(-c5ccccc5)c4)CCCC3)cc2-c2ccccc2)c1. The Labute approximate surface area is 264 Å². The van der Waals surface area contributed by atoms with Crippen LogP contribution in [0.5, 0.6) is 23.0 Å². The Morgan fingerprint density at radius 1 is 0.444 bits per heavy atom. The van der Waals surface area contributed by atoms with Crippen LogP contribution in [-0.4, -0.2) is 0 Å². The molecule has 6 aromatic carbocycles. The molecule has 0 unspecified atom stereocenters. The maximum absolute atomic E-state index is 6.45. The molecule has 0 radical (unpaired) electrons. The molecule has 1 fully saturated rings. The molecule has 1 aliphatic carbocycles. The second kappa shape index (κ2) is 12.3. The second-order valence-electron chi connectivity index (χ2n) is 11.8. The van der Waals surface area contributed by atoms with Gasteiger partial charge >= 0.3 is 0 Å². The molecular formula is C41H36N2O2.